The number of aliphatic imine (C=N–C) groups is 1. The Kier molecular flexibility index (Phi) is 6.91. The van der Waals surface area contributed by atoms with Crippen LogP contribution in [0, 0.1) is 0 Å². The van der Waals surface area contributed by atoms with Crippen LogP contribution in [-0.2, 0) is 4.79 Å². The van der Waals surface area contributed by atoms with Gasteiger partial charge in [0.25, 0.3) is 5.91 Å². The molecule has 0 spiro atoms. The molecule has 36 heavy (non-hydrogen) atoms. The summed E-state index contributed by atoms with van der Waals surface area (Å²) in [5, 5.41) is 17.7. The lowest BCUT2D eigenvalue weighted by atomic mass is 9.98. The third kappa shape index (κ3) is 4.79. The number of thioether (sulfide) groups is 1. The average molecular weight is 497 g/mol. The molecule has 7 heteroatoms. The molecule has 3 aromatic carbocycles. The van der Waals surface area contributed by atoms with Crippen molar-refractivity contribution in [1.82, 2.24) is 5.01 Å². The third-order valence-corrected chi connectivity index (χ3v) is 7.41. The van der Waals surface area contributed by atoms with Gasteiger partial charge in [-0.25, -0.2) is 5.01 Å². The van der Waals surface area contributed by atoms with Crippen molar-refractivity contribution in [1.29, 1.82) is 0 Å². The van der Waals surface area contributed by atoms with Crippen LogP contribution < -0.4 is 4.90 Å². The molecular weight excluding hydrogens is 468 g/mol. The zero-order chi connectivity index (χ0) is 25.1. The number of benzene rings is 3. The molecule has 0 radical (unpaired) electrons. The molecule has 3 aromatic rings. The number of amides is 1. The molecule has 2 aliphatic rings. The van der Waals surface area contributed by atoms with Crippen LogP contribution in [0.3, 0.4) is 0 Å². The van der Waals surface area contributed by atoms with Gasteiger partial charge in [-0.2, -0.15) is 10.1 Å². The number of aromatic hydroxyl groups is 1. The van der Waals surface area contributed by atoms with E-state index in [-0.39, 0.29) is 17.7 Å². The quantitative estimate of drug-likeness (QED) is 0.420. The molecule has 182 valence electrons. The number of carbonyl (C=O) groups is 1. The van der Waals surface area contributed by atoms with Gasteiger partial charge in [0, 0.05) is 30.8 Å². The van der Waals surface area contributed by atoms with Gasteiger partial charge in [0.1, 0.15) is 5.75 Å². The zero-order valence-corrected chi connectivity index (χ0v) is 21.2. The Bertz CT molecular complexity index is 1350. The van der Waals surface area contributed by atoms with Gasteiger partial charge in [-0.3, -0.25) is 4.79 Å². The van der Waals surface area contributed by atoms with E-state index in [1.54, 1.807) is 17.1 Å². The number of rotatable bonds is 6. The molecule has 0 bridgehead atoms. The molecule has 0 saturated heterocycles. The molecule has 1 unspecified atom stereocenters. The average Bonchev–Trinajstić information content (AvgIpc) is 3.50. The second-order valence-corrected chi connectivity index (χ2v) is 9.62. The molecule has 2 heterocycles. The van der Waals surface area contributed by atoms with Gasteiger partial charge in [-0.05, 0) is 61.0 Å². The zero-order valence-electron chi connectivity index (χ0n) is 20.3. The number of hydrogen-bond acceptors (Lipinski definition) is 6. The largest absolute Gasteiger partial charge is 0.508 e. The summed E-state index contributed by atoms with van der Waals surface area (Å²) in [6, 6.07) is 25.2. The van der Waals surface area contributed by atoms with Gasteiger partial charge in [-0.15, -0.1) is 0 Å². The molecule has 6 nitrogen and oxygen atoms in total. The van der Waals surface area contributed by atoms with Crippen molar-refractivity contribution in [3.05, 3.63) is 100 Å². The predicted octanol–water partition coefficient (Wildman–Crippen LogP) is 6.06. The number of nitrogens with zero attached hydrogens (tertiary/aromatic N) is 4. The fourth-order valence-corrected chi connectivity index (χ4v) is 5.44. The number of phenols is 1. The molecule has 1 N–H and O–H groups in total. The summed E-state index contributed by atoms with van der Waals surface area (Å²) in [4.78, 5) is 20.1. The fraction of sp³-hybridized carbons (Fsp3) is 0.207. The summed E-state index contributed by atoms with van der Waals surface area (Å²) in [5.74, 6) is -0.0711. The first-order valence-electron chi connectivity index (χ1n) is 12.1. The van der Waals surface area contributed by atoms with Gasteiger partial charge >= 0.3 is 0 Å². The van der Waals surface area contributed by atoms with E-state index < -0.39 is 0 Å². The van der Waals surface area contributed by atoms with Crippen LogP contribution in [-0.4, -0.2) is 40.0 Å². The maximum Gasteiger partial charge on any atom is 0.286 e. The van der Waals surface area contributed by atoms with Crippen LogP contribution in [0.5, 0.6) is 5.75 Å². The van der Waals surface area contributed by atoms with Gasteiger partial charge in [-0.1, -0.05) is 60.7 Å². The second-order valence-electron chi connectivity index (χ2n) is 8.61. The summed E-state index contributed by atoms with van der Waals surface area (Å²) < 4.78 is 0. The number of hydrogen-bond donors (Lipinski definition) is 1. The monoisotopic (exact) mass is 496 g/mol. The van der Waals surface area contributed by atoms with E-state index in [1.165, 1.54) is 11.8 Å². The Morgan fingerprint density at radius 2 is 1.69 bits per heavy atom. The molecule has 1 atom stereocenters. The van der Waals surface area contributed by atoms with E-state index in [2.05, 4.69) is 35.9 Å². The summed E-state index contributed by atoms with van der Waals surface area (Å²) in [6.07, 6.45) is 2.48. The van der Waals surface area contributed by atoms with Crippen molar-refractivity contribution in [2.75, 3.05) is 18.0 Å². The van der Waals surface area contributed by atoms with Gasteiger partial charge in [0.05, 0.1) is 16.7 Å². The van der Waals surface area contributed by atoms with Gasteiger partial charge in [0.2, 0.25) is 0 Å². The highest BCUT2D eigenvalue weighted by atomic mass is 32.2. The number of carbonyl (C=O) groups excluding carboxylic acids is 1. The predicted molar refractivity (Wildman–Crippen MR) is 148 cm³/mol. The smallest absolute Gasteiger partial charge is 0.286 e. The van der Waals surface area contributed by atoms with E-state index in [1.807, 2.05) is 60.7 Å². The van der Waals surface area contributed by atoms with Crippen molar-refractivity contribution in [3.8, 4) is 5.75 Å². The third-order valence-electron chi connectivity index (χ3n) is 6.44. The van der Waals surface area contributed by atoms with Crippen molar-refractivity contribution >= 4 is 40.3 Å². The first-order valence-corrected chi connectivity index (χ1v) is 13.0. The minimum Gasteiger partial charge on any atom is -0.508 e. The lowest BCUT2D eigenvalue weighted by molar-refractivity contribution is -0.113. The van der Waals surface area contributed by atoms with Gasteiger partial charge in [0.15, 0.2) is 5.17 Å². The van der Waals surface area contributed by atoms with E-state index in [0.29, 0.717) is 16.5 Å². The van der Waals surface area contributed by atoms with Crippen molar-refractivity contribution in [3.63, 3.8) is 0 Å². The summed E-state index contributed by atoms with van der Waals surface area (Å²) in [5.41, 5.74) is 4.77. The molecular formula is C29H28N4O2S. The molecule has 2 aliphatic heterocycles. The minimum absolute atomic E-state index is 0.205. The first-order chi connectivity index (χ1) is 17.6. The molecule has 5 rings (SSSR count). The SMILES string of the molecule is CCN(CC)c1ccc(/C=C2\SC(N3N=C(c4ccccc4)CC3c3ccccc3O)=NC2=O)cc1. The first kappa shape index (κ1) is 23.9. The van der Waals surface area contributed by atoms with Crippen molar-refractivity contribution < 1.29 is 9.90 Å². The molecule has 0 aliphatic carbocycles. The van der Waals surface area contributed by atoms with Crippen LogP contribution in [0.4, 0.5) is 5.69 Å². The number of amidine groups is 1. The topological polar surface area (TPSA) is 68.5 Å². The molecule has 0 saturated carbocycles. The van der Waals surface area contributed by atoms with E-state index in [0.717, 1.165) is 41.2 Å². The Morgan fingerprint density at radius 3 is 2.39 bits per heavy atom. The Balaban J connectivity index is 1.43. The van der Waals surface area contributed by atoms with Crippen molar-refractivity contribution in [2.24, 2.45) is 10.1 Å². The maximum atomic E-state index is 12.9. The van der Waals surface area contributed by atoms with E-state index in [4.69, 9.17) is 5.10 Å². The van der Waals surface area contributed by atoms with Crippen LogP contribution in [0.15, 0.2) is 93.9 Å². The Hall–Kier alpha value is -3.84. The van der Waals surface area contributed by atoms with Crippen LogP contribution in [0.25, 0.3) is 6.08 Å². The van der Waals surface area contributed by atoms with Crippen LogP contribution in [0.1, 0.15) is 43.0 Å². The fourth-order valence-electron chi connectivity index (χ4n) is 4.52. The maximum absolute atomic E-state index is 12.9. The lowest BCUT2D eigenvalue weighted by Gasteiger charge is -2.23. The van der Waals surface area contributed by atoms with Crippen LogP contribution in [0.2, 0.25) is 0 Å². The highest BCUT2D eigenvalue weighted by molar-refractivity contribution is 8.18. The van der Waals surface area contributed by atoms with E-state index in [9.17, 15) is 9.90 Å². The molecule has 0 aromatic heterocycles. The number of para-hydroxylation sites is 1. The van der Waals surface area contributed by atoms with Gasteiger partial charge < -0.3 is 10.0 Å². The second kappa shape index (κ2) is 10.4. The number of phenolic OH excluding ortho intramolecular Hbond substituents is 1. The summed E-state index contributed by atoms with van der Waals surface area (Å²) in [6.45, 7) is 6.17. The highest BCUT2D eigenvalue weighted by Crippen LogP contribution is 2.41. The van der Waals surface area contributed by atoms with Crippen LogP contribution >= 0.6 is 11.8 Å². The normalized spacial score (nSPS) is 18.5. The molecule has 0 fully saturated rings. The summed E-state index contributed by atoms with van der Waals surface area (Å²) in [7, 11) is 0. The number of anilines is 1. The summed E-state index contributed by atoms with van der Waals surface area (Å²) >= 11 is 1.32. The minimum atomic E-state index is -0.276. The standard InChI is InChI=1S/C29H28N4O2S/c1-3-32(4-2)22-16-14-20(15-17-22)18-27-28(35)30-29(36-27)33-25(23-12-8-9-13-26(23)34)19-24(31-33)21-10-6-5-7-11-21/h5-18,25,34H,3-4,19H2,1-2H3/b27-18-. The lowest BCUT2D eigenvalue weighted by Crippen LogP contribution is -2.23. The Morgan fingerprint density at radius 1 is 1.00 bits per heavy atom. The highest BCUT2D eigenvalue weighted by Gasteiger charge is 2.37. The number of hydrazone groups is 1. The molecule has 1 amide bonds. The Labute approximate surface area is 215 Å². The van der Waals surface area contributed by atoms with Crippen molar-refractivity contribution in [2.45, 2.75) is 26.3 Å². The van der Waals surface area contributed by atoms with E-state index >= 15 is 0 Å².